The van der Waals surface area contributed by atoms with Crippen molar-refractivity contribution >= 4 is 28.6 Å². The molecule has 0 saturated heterocycles. The van der Waals surface area contributed by atoms with Crippen LogP contribution in [0.4, 0.5) is 0 Å². The molecule has 1 atom stereocenters. The van der Waals surface area contributed by atoms with E-state index >= 15 is 0 Å². The molecule has 4 heteroatoms. The van der Waals surface area contributed by atoms with Gasteiger partial charge in [0, 0.05) is 9.99 Å². The van der Waals surface area contributed by atoms with Gasteiger partial charge in [-0.05, 0) is 40.3 Å². The minimum absolute atomic E-state index is 0.261. The molecule has 0 bridgehead atoms. The maximum Gasteiger partial charge on any atom is 0.364 e. The van der Waals surface area contributed by atoms with E-state index in [1.54, 1.807) is 0 Å². The third kappa shape index (κ3) is 3.26. The van der Waals surface area contributed by atoms with Crippen molar-refractivity contribution in [2.45, 2.75) is 12.5 Å². The zero-order valence-electron chi connectivity index (χ0n) is 8.00. The van der Waals surface area contributed by atoms with Crippen LogP contribution in [0.25, 0.3) is 0 Å². The summed E-state index contributed by atoms with van der Waals surface area (Å²) in [5.41, 5.74) is 4.86. The van der Waals surface area contributed by atoms with E-state index in [2.05, 4.69) is 33.1 Å². The van der Waals surface area contributed by atoms with Gasteiger partial charge in [-0.2, -0.15) is 0 Å². The van der Waals surface area contributed by atoms with Crippen molar-refractivity contribution in [2.75, 3.05) is 7.11 Å². The van der Waals surface area contributed by atoms with Crippen LogP contribution in [-0.2, 0) is 16.0 Å². The maximum absolute atomic E-state index is 11.1. The molecule has 0 aliphatic rings. The summed E-state index contributed by atoms with van der Waals surface area (Å²) >= 11 is 2.24. The van der Waals surface area contributed by atoms with Gasteiger partial charge >= 0.3 is 5.97 Å². The van der Waals surface area contributed by atoms with E-state index in [0.29, 0.717) is 6.42 Å². The van der Waals surface area contributed by atoms with E-state index in [9.17, 15) is 4.79 Å². The lowest BCUT2D eigenvalue weighted by molar-refractivity contribution is -0.407. The zero-order chi connectivity index (χ0) is 10.6. The van der Waals surface area contributed by atoms with Gasteiger partial charge in [0.15, 0.2) is 6.04 Å². The minimum atomic E-state index is -0.319. The van der Waals surface area contributed by atoms with Crippen molar-refractivity contribution in [2.24, 2.45) is 0 Å². The predicted molar refractivity (Wildman–Crippen MR) is 61.6 cm³/mol. The van der Waals surface area contributed by atoms with Gasteiger partial charge in [-0.25, -0.2) is 4.79 Å². The molecule has 0 aliphatic heterocycles. The monoisotopic (exact) mass is 306 g/mol. The molecule has 0 amide bonds. The van der Waals surface area contributed by atoms with E-state index < -0.39 is 0 Å². The molecule has 3 N–H and O–H groups in total. The first-order valence-corrected chi connectivity index (χ1v) is 5.36. The molecule has 0 heterocycles. The number of methoxy groups -OCH3 is 1. The van der Waals surface area contributed by atoms with Gasteiger partial charge in [0.1, 0.15) is 0 Å². The van der Waals surface area contributed by atoms with E-state index in [1.807, 2.05) is 24.3 Å². The molecule has 0 aliphatic carbocycles. The average Bonchev–Trinajstić information content (AvgIpc) is 2.20. The Labute approximate surface area is 96.8 Å². The molecular formula is C10H13INO2+. The first kappa shape index (κ1) is 11.5. The Balaban J connectivity index is 2.60. The number of ether oxygens (including phenoxy) is 1. The van der Waals surface area contributed by atoms with E-state index in [1.165, 1.54) is 10.7 Å². The molecule has 14 heavy (non-hydrogen) atoms. The number of quaternary nitrogens is 1. The SMILES string of the molecule is COC(=O)C([NH3+])Cc1ccc(I)cc1. The van der Waals surface area contributed by atoms with Crippen molar-refractivity contribution in [3.63, 3.8) is 0 Å². The fourth-order valence-corrected chi connectivity index (χ4v) is 1.51. The van der Waals surface area contributed by atoms with Gasteiger partial charge < -0.3 is 10.5 Å². The smallest absolute Gasteiger partial charge is 0.364 e. The average molecular weight is 306 g/mol. The summed E-state index contributed by atoms with van der Waals surface area (Å²) in [4.78, 5) is 11.1. The molecule has 0 aromatic heterocycles. The standard InChI is InChI=1S/C10H12INO2/c1-14-10(13)9(12)6-7-2-4-8(11)5-3-7/h2-5,9H,6,12H2,1H3/p+1. The van der Waals surface area contributed by atoms with E-state index in [-0.39, 0.29) is 12.0 Å². The Morgan fingerprint density at radius 3 is 2.57 bits per heavy atom. The van der Waals surface area contributed by atoms with Crippen LogP contribution in [0.15, 0.2) is 24.3 Å². The summed E-state index contributed by atoms with van der Waals surface area (Å²) in [6.07, 6.45) is 0.629. The number of rotatable bonds is 3. The number of hydrogen-bond acceptors (Lipinski definition) is 2. The normalized spacial score (nSPS) is 12.2. The lowest BCUT2D eigenvalue weighted by atomic mass is 10.1. The van der Waals surface area contributed by atoms with Gasteiger partial charge in [0.05, 0.1) is 7.11 Å². The molecule has 1 aromatic rings. The van der Waals surface area contributed by atoms with Crippen molar-refractivity contribution in [3.8, 4) is 0 Å². The number of carbonyl (C=O) groups is 1. The lowest BCUT2D eigenvalue weighted by Crippen LogP contribution is -2.66. The molecule has 1 unspecified atom stereocenters. The van der Waals surface area contributed by atoms with E-state index in [0.717, 1.165) is 5.56 Å². The number of halogens is 1. The highest BCUT2D eigenvalue weighted by molar-refractivity contribution is 14.1. The van der Waals surface area contributed by atoms with Crippen LogP contribution in [0.2, 0.25) is 0 Å². The first-order valence-electron chi connectivity index (χ1n) is 4.29. The third-order valence-corrected chi connectivity index (χ3v) is 2.65. The highest BCUT2D eigenvalue weighted by Gasteiger charge is 2.17. The number of benzene rings is 1. The minimum Gasteiger partial charge on any atom is -0.465 e. The number of carbonyl (C=O) groups excluding carboxylic acids is 1. The second-order valence-corrected chi connectivity index (χ2v) is 4.30. The molecule has 1 rings (SSSR count). The van der Waals surface area contributed by atoms with Crippen LogP contribution >= 0.6 is 22.6 Å². The van der Waals surface area contributed by atoms with Gasteiger partial charge in [0.25, 0.3) is 0 Å². The summed E-state index contributed by atoms with van der Waals surface area (Å²) in [5.74, 6) is -0.261. The van der Waals surface area contributed by atoms with Crippen LogP contribution < -0.4 is 5.73 Å². The Hall–Kier alpha value is -0.620. The summed E-state index contributed by atoms with van der Waals surface area (Å²) in [5, 5.41) is 0. The summed E-state index contributed by atoms with van der Waals surface area (Å²) in [6.45, 7) is 0. The van der Waals surface area contributed by atoms with E-state index in [4.69, 9.17) is 0 Å². The zero-order valence-corrected chi connectivity index (χ0v) is 10.2. The van der Waals surface area contributed by atoms with Crippen molar-refractivity contribution < 1.29 is 15.3 Å². The Kier molecular flexibility index (Phi) is 4.34. The lowest BCUT2D eigenvalue weighted by Gasteiger charge is -2.05. The summed E-state index contributed by atoms with van der Waals surface area (Å²) in [7, 11) is 1.38. The molecule has 76 valence electrons. The van der Waals surface area contributed by atoms with Crippen LogP contribution in [0, 0.1) is 3.57 Å². The predicted octanol–water partition coefficient (Wildman–Crippen LogP) is 0.617. The van der Waals surface area contributed by atoms with Gasteiger partial charge in [0.2, 0.25) is 0 Å². The molecule has 0 radical (unpaired) electrons. The van der Waals surface area contributed by atoms with Gasteiger partial charge in [-0.15, -0.1) is 0 Å². The maximum atomic E-state index is 11.1. The molecule has 0 saturated carbocycles. The van der Waals surface area contributed by atoms with Crippen molar-refractivity contribution in [3.05, 3.63) is 33.4 Å². The van der Waals surface area contributed by atoms with Crippen molar-refractivity contribution in [1.29, 1.82) is 0 Å². The topological polar surface area (TPSA) is 53.9 Å². The van der Waals surface area contributed by atoms with Crippen molar-refractivity contribution in [1.82, 2.24) is 0 Å². The van der Waals surface area contributed by atoms with Crippen LogP contribution in [0.5, 0.6) is 0 Å². The molecule has 0 spiro atoms. The first-order chi connectivity index (χ1) is 6.63. The second kappa shape index (κ2) is 5.31. The Bertz CT molecular complexity index is 310. The quantitative estimate of drug-likeness (QED) is 0.657. The van der Waals surface area contributed by atoms with Gasteiger partial charge in [-0.3, -0.25) is 0 Å². The third-order valence-electron chi connectivity index (χ3n) is 1.93. The second-order valence-electron chi connectivity index (χ2n) is 3.05. The highest BCUT2D eigenvalue weighted by Crippen LogP contribution is 2.08. The molecule has 1 aromatic carbocycles. The number of esters is 1. The summed E-state index contributed by atoms with van der Waals surface area (Å²) < 4.78 is 5.79. The summed E-state index contributed by atoms with van der Waals surface area (Å²) in [6, 6.07) is 7.71. The van der Waals surface area contributed by atoms with Crippen LogP contribution in [0.3, 0.4) is 0 Å². The number of hydrogen-bond donors (Lipinski definition) is 1. The highest BCUT2D eigenvalue weighted by atomic mass is 127. The van der Waals surface area contributed by atoms with Crippen LogP contribution in [-0.4, -0.2) is 19.1 Å². The Morgan fingerprint density at radius 1 is 1.50 bits per heavy atom. The fourth-order valence-electron chi connectivity index (χ4n) is 1.16. The van der Waals surface area contributed by atoms with Gasteiger partial charge in [-0.1, -0.05) is 12.1 Å². The molecule has 0 fully saturated rings. The molecule has 3 nitrogen and oxygen atoms in total. The van der Waals surface area contributed by atoms with Crippen LogP contribution in [0.1, 0.15) is 5.56 Å². The Morgan fingerprint density at radius 2 is 2.07 bits per heavy atom. The fraction of sp³-hybridized carbons (Fsp3) is 0.300. The largest absolute Gasteiger partial charge is 0.465 e. The molecular weight excluding hydrogens is 293 g/mol.